The summed E-state index contributed by atoms with van der Waals surface area (Å²) in [5, 5.41) is 0. The van der Waals surface area contributed by atoms with Gasteiger partial charge in [-0.1, -0.05) is 36.4 Å². The van der Waals surface area contributed by atoms with Crippen LogP contribution in [-0.2, 0) is 13.2 Å². The van der Waals surface area contributed by atoms with Crippen molar-refractivity contribution in [3.63, 3.8) is 0 Å². The first-order valence-corrected chi connectivity index (χ1v) is 9.72. The van der Waals surface area contributed by atoms with Crippen LogP contribution in [0.15, 0.2) is 78.9 Å². The maximum absolute atomic E-state index is 5.99. The van der Waals surface area contributed by atoms with Crippen molar-refractivity contribution in [2.75, 3.05) is 13.7 Å². The number of benzene rings is 3. The fourth-order valence-corrected chi connectivity index (χ4v) is 3.25. The summed E-state index contributed by atoms with van der Waals surface area (Å²) in [7, 11) is 1.65. The summed E-state index contributed by atoms with van der Waals surface area (Å²) < 4.78 is 19.3. The molecule has 0 unspecified atom stereocenters. The van der Waals surface area contributed by atoms with Crippen LogP contribution >= 0.6 is 12.4 Å². The average Bonchev–Trinajstić information content (AvgIpc) is 3.13. The second-order valence-corrected chi connectivity index (χ2v) is 6.65. The van der Waals surface area contributed by atoms with Crippen LogP contribution in [0.1, 0.15) is 12.2 Å². The highest BCUT2D eigenvalue weighted by Crippen LogP contribution is 2.22. The monoisotopic (exact) mass is 424 g/mol. The molecule has 0 spiro atoms. The zero-order valence-electron chi connectivity index (χ0n) is 16.9. The van der Waals surface area contributed by atoms with Gasteiger partial charge in [-0.05, 0) is 42.8 Å². The lowest BCUT2D eigenvalue weighted by Crippen LogP contribution is -2.10. The van der Waals surface area contributed by atoms with Gasteiger partial charge in [-0.15, -0.1) is 12.4 Å². The van der Waals surface area contributed by atoms with Crippen LogP contribution in [0.5, 0.6) is 17.2 Å². The lowest BCUT2D eigenvalue weighted by molar-refractivity contribution is 0.279. The Morgan fingerprint density at radius 1 is 0.800 bits per heavy atom. The normalized spacial score (nSPS) is 10.4. The number of nitrogens with zero attached hydrogens (tertiary/aromatic N) is 2. The number of fused-ring (bicyclic) bond motifs is 1. The minimum atomic E-state index is 0. The molecule has 0 aliphatic heterocycles. The first kappa shape index (κ1) is 21.5. The molecule has 0 fully saturated rings. The van der Waals surface area contributed by atoms with Crippen LogP contribution in [0, 0.1) is 0 Å². The Labute approximate surface area is 182 Å². The van der Waals surface area contributed by atoms with Gasteiger partial charge >= 0.3 is 0 Å². The van der Waals surface area contributed by atoms with Gasteiger partial charge in [0.15, 0.2) is 0 Å². The highest BCUT2D eigenvalue weighted by atomic mass is 35.5. The molecule has 0 saturated heterocycles. The lowest BCUT2D eigenvalue weighted by Gasteiger charge is -2.12. The van der Waals surface area contributed by atoms with Gasteiger partial charge in [-0.2, -0.15) is 0 Å². The molecular formula is C24H25ClN2O3. The van der Waals surface area contributed by atoms with E-state index in [4.69, 9.17) is 19.2 Å². The summed E-state index contributed by atoms with van der Waals surface area (Å²) in [4.78, 5) is 4.77. The van der Waals surface area contributed by atoms with E-state index in [0.717, 1.165) is 47.1 Å². The van der Waals surface area contributed by atoms with E-state index in [-0.39, 0.29) is 12.4 Å². The van der Waals surface area contributed by atoms with Crippen molar-refractivity contribution in [2.45, 2.75) is 19.6 Å². The number of halogens is 1. The molecule has 0 aliphatic rings. The van der Waals surface area contributed by atoms with Crippen LogP contribution in [-0.4, -0.2) is 23.3 Å². The first-order valence-electron chi connectivity index (χ1n) is 9.72. The summed E-state index contributed by atoms with van der Waals surface area (Å²) in [5.74, 6) is 3.32. The molecule has 6 heteroatoms. The number of rotatable bonds is 9. The Morgan fingerprint density at radius 3 is 2.37 bits per heavy atom. The van der Waals surface area contributed by atoms with E-state index in [2.05, 4.69) is 10.6 Å². The summed E-state index contributed by atoms with van der Waals surface area (Å²) in [6.07, 6.45) is 0.876. The van der Waals surface area contributed by atoms with Crippen molar-refractivity contribution in [1.29, 1.82) is 0 Å². The molecule has 5 nitrogen and oxygen atoms in total. The van der Waals surface area contributed by atoms with Crippen LogP contribution in [0.4, 0.5) is 0 Å². The molecule has 0 saturated carbocycles. The van der Waals surface area contributed by atoms with Gasteiger partial charge in [0.05, 0.1) is 24.8 Å². The molecule has 4 rings (SSSR count). The highest BCUT2D eigenvalue weighted by molar-refractivity contribution is 5.85. The molecule has 0 radical (unpaired) electrons. The number of hydrogen-bond donors (Lipinski definition) is 0. The van der Waals surface area contributed by atoms with E-state index >= 15 is 0 Å². The van der Waals surface area contributed by atoms with Crippen molar-refractivity contribution in [3.05, 3.63) is 84.7 Å². The molecule has 0 bridgehead atoms. The standard InChI is InChI=1S/C24H24N2O3.ClH/c1-27-20-11-7-12-21(17-20)29-18-24-25-22-13-5-6-14-23(22)26(24)15-8-16-28-19-9-3-2-4-10-19;/h2-7,9-14,17H,8,15-16,18H2,1H3;1H. The molecule has 3 aromatic carbocycles. The van der Waals surface area contributed by atoms with Crippen LogP contribution in [0.25, 0.3) is 11.0 Å². The minimum absolute atomic E-state index is 0. The number of ether oxygens (including phenoxy) is 3. The molecule has 0 aliphatic carbocycles. The molecule has 4 aromatic rings. The number of aryl methyl sites for hydroxylation is 1. The molecular weight excluding hydrogens is 400 g/mol. The quantitative estimate of drug-likeness (QED) is 0.332. The first-order chi connectivity index (χ1) is 14.3. The zero-order chi connectivity index (χ0) is 19.9. The van der Waals surface area contributed by atoms with E-state index in [9.17, 15) is 0 Å². The zero-order valence-corrected chi connectivity index (χ0v) is 17.7. The maximum atomic E-state index is 5.99. The van der Waals surface area contributed by atoms with Crippen LogP contribution < -0.4 is 14.2 Å². The molecule has 156 valence electrons. The van der Waals surface area contributed by atoms with Crippen molar-refractivity contribution in [3.8, 4) is 17.2 Å². The SMILES string of the molecule is COc1cccc(OCc2nc3ccccc3n2CCCOc2ccccc2)c1.Cl. The Hall–Kier alpha value is -3.18. The van der Waals surface area contributed by atoms with Crippen molar-refractivity contribution in [2.24, 2.45) is 0 Å². The molecule has 1 heterocycles. The average molecular weight is 425 g/mol. The third kappa shape index (κ3) is 5.24. The predicted octanol–water partition coefficient (Wildman–Crippen LogP) is 5.51. The Kier molecular flexibility index (Phi) is 7.57. The summed E-state index contributed by atoms with van der Waals surface area (Å²) in [6, 6.07) is 25.7. The van der Waals surface area contributed by atoms with Gasteiger partial charge in [-0.25, -0.2) is 4.98 Å². The van der Waals surface area contributed by atoms with E-state index < -0.39 is 0 Å². The van der Waals surface area contributed by atoms with E-state index in [1.807, 2.05) is 72.8 Å². The summed E-state index contributed by atoms with van der Waals surface area (Å²) in [6.45, 7) is 1.85. The lowest BCUT2D eigenvalue weighted by atomic mass is 10.3. The smallest absolute Gasteiger partial charge is 0.147 e. The fourth-order valence-electron chi connectivity index (χ4n) is 3.25. The number of hydrogen-bond acceptors (Lipinski definition) is 4. The van der Waals surface area contributed by atoms with Crippen molar-refractivity contribution >= 4 is 23.4 Å². The third-order valence-electron chi connectivity index (χ3n) is 4.68. The van der Waals surface area contributed by atoms with Crippen molar-refractivity contribution < 1.29 is 14.2 Å². The second kappa shape index (κ2) is 10.6. The van der Waals surface area contributed by atoms with Gasteiger partial charge in [0.25, 0.3) is 0 Å². The van der Waals surface area contributed by atoms with Gasteiger partial charge in [0.2, 0.25) is 0 Å². The molecule has 0 atom stereocenters. The highest BCUT2D eigenvalue weighted by Gasteiger charge is 2.11. The molecule has 30 heavy (non-hydrogen) atoms. The maximum Gasteiger partial charge on any atom is 0.147 e. The van der Waals surface area contributed by atoms with E-state index in [1.54, 1.807) is 7.11 Å². The summed E-state index contributed by atoms with van der Waals surface area (Å²) >= 11 is 0. The van der Waals surface area contributed by atoms with Crippen LogP contribution in [0.3, 0.4) is 0 Å². The van der Waals surface area contributed by atoms with Crippen molar-refractivity contribution in [1.82, 2.24) is 9.55 Å². The number of aromatic nitrogens is 2. The predicted molar refractivity (Wildman–Crippen MR) is 121 cm³/mol. The molecule has 0 amide bonds. The largest absolute Gasteiger partial charge is 0.497 e. The Balaban J connectivity index is 0.00000256. The van der Waals surface area contributed by atoms with Crippen LogP contribution in [0.2, 0.25) is 0 Å². The number of imidazole rings is 1. The fraction of sp³-hybridized carbons (Fsp3) is 0.208. The topological polar surface area (TPSA) is 45.5 Å². The van der Waals surface area contributed by atoms with Gasteiger partial charge in [-0.3, -0.25) is 0 Å². The molecule has 1 aromatic heterocycles. The number of para-hydroxylation sites is 3. The third-order valence-corrected chi connectivity index (χ3v) is 4.68. The Bertz CT molecular complexity index is 1070. The summed E-state index contributed by atoms with van der Waals surface area (Å²) in [5.41, 5.74) is 2.08. The van der Waals surface area contributed by atoms with E-state index in [1.165, 1.54) is 0 Å². The van der Waals surface area contributed by atoms with Gasteiger partial charge in [0, 0.05) is 12.6 Å². The van der Waals surface area contributed by atoms with Gasteiger partial charge < -0.3 is 18.8 Å². The second-order valence-electron chi connectivity index (χ2n) is 6.65. The van der Waals surface area contributed by atoms with E-state index in [0.29, 0.717) is 13.2 Å². The molecule has 0 N–H and O–H groups in total. The number of methoxy groups -OCH3 is 1. The minimum Gasteiger partial charge on any atom is -0.497 e. The van der Waals surface area contributed by atoms with Gasteiger partial charge in [0.1, 0.15) is 29.7 Å². The Morgan fingerprint density at radius 2 is 1.53 bits per heavy atom.